The molecule has 0 saturated carbocycles. The van der Waals surface area contributed by atoms with Crippen LogP contribution >= 0.6 is 0 Å². The molecule has 0 aromatic rings. The first-order valence-electron chi connectivity index (χ1n) is 5.31. The summed E-state index contributed by atoms with van der Waals surface area (Å²) in [4.78, 5) is 10.1. The van der Waals surface area contributed by atoms with Gasteiger partial charge in [0.25, 0.3) is 0 Å². The van der Waals surface area contributed by atoms with Crippen molar-refractivity contribution in [3.63, 3.8) is 0 Å². The Morgan fingerprint density at radius 1 is 1.23 bits per heavy atom. The third-order valence-electron chi connectivity index (χ3n) is 2.32. The molecule has 0 rings (SSSR count). The van der Waals surface area contributed by atoms with Gasteiger partial charge in [0.05, 0.1) is 6.10 Å². The van der Waals surface area contributed by atoms with Gasteiger partial charge in [-0.2, -0.15) is 0 Å². The van der Waals surface area contributed by atoms with E-state index < -0.39 is 0 Å². The maximum Gasteiger partial charge on any atom is 0.120 e. The van der Waals surface area contributed by atoms with Crippen LogP contribution in [0, 0.1) is 0 Å². The summed E-state index contributed by atoms with van der Waals surface area (Å²) >= 11 is 0. The van der Waals surface area contributed by atoms with Crippen LogP contribution in [0.15, 0.2) is 0 Å². The van der Waals surface area contributed by atoms with Crippen LogP contribution in [0.2, 0.25) is 0 Å². The van der Waals surface area contributed by atoms with Crippen LogP contribution in [-0.4, -0.2) is 19.5 Å². The molecule has 1 unspecified atom stereocenters. The molecule has 0 N–H and O–H groups in total. The normalized spacial score (nSPS) is 12.8. The fraction of sp³-hybridized carbons (Fsp3) is 0.909. The van der Waals surface area contributed by atoms with Gasteiger partial charge in [-0.1, -0.05) is 32.6 Å². The molecule has 2 nitrogen and oxygen atoms in total. The molecule has 0 aliphatic carbocycles. The largest absolute Gasteiger partial charge is 0.381 e. The zero-order valence-corrected chi connectivity index (χ0v) is 8.92. The second-order valence-electron chi connectivity index (χ2n) is 3.45. The molecule has 0 aromatic heterocycles. The Balaban J connectivity index is 3.30. The quantitative estimate of drug-likeness (QED) is 0.409. The molecule has 13 heavy (non-hydrogen) atoms. The van der Waals surface area contributed by atoms with Gasteiger partial charge in [-0.25, -0.2) is 0 Å². The fourth-order valence-electron chi connectivity index (χ4n) is 1.43. The topological polar surface area (TPSA) is 26.3 Å². The van der Waals surface area contributed by atoms with Crippen molar-refractivity contribution in [2.75, 3.05) is 7.11 Å². The van der Waals surface area contributed by atoms with Crippen LogP contribution in [0.5, 0.6) is 0 Å². The van der Waals surface area contributed by atoms with Crippen LogP contribution in [-0.2, 0) is 9.53 Å². The molecule has 0 aliphatic heterocycles. The molecular formula is C11H22O2. The van der Waals surface area contributed by atoms with Crippen molar-refractivity contribution in [1.29, 1.82) is 0 Å². The van der Waals surface area contributed by atoms with Gasteiger partial charge in [0.15, 0.2) is 0 Å². The number of carbonyl (C=O) groups excluding carboxylic acids is 1. The van der Waals surface area contributed by atoms with Crippen LogP contribution in [0.3, 0.4) is 0 Å². The van der Waals surface area contributed by atoms with Gasteiger partial charge < -0.3 is 9.53 Å². The second-order valence-corrected chi connectivity index (χ2v) is 3.45. The number of ether oxygens (including phenoxy) is 1. The zero-order valence-electron chi connectivity index (χ0n) is 8.92. The molecule has 0 radical (unpaired) electrons. The summed E-state index contributed by atoms with van der Waals surface area (Å²) < 4.78 is 5.27. The van der Waals surface area contributed by atoms with E-state index >= 15 is 0 Å². The first-order valence-corrected chi connectivity index (χ1v) is 5.31. The van der Waals surface area contributed by atoms with E-state index in [0.29, 0.717) is 12.5 Å². The lowest BCUT2D eigenvalue weighted by Crippen LogP contribution is -2.10. The van der Waals surface area contributed by atoms with Crippen LogP contribution < -0.4 is 0 Å². The molecule has 0 bridgehead atoms. The Labute approximate surface area is 81.7 Å². The van der Waals surface area contributed by atoms with E-state index in [1.54, 1.807) is 7.11 Å². The third-order valence-corrected chi connectivity index (χ3v) is 2.32. The smallest absolute Gasteiger partial charge is 0.120 e. The summed E-state index contributed by atoms with van der Waals surface area (Å²) in [7, 11) is 1.73. The minimum Gasteiger partial charge on any atom is -0.381 e. The predicted octanol–water partition coefficient (Wildman–Crippen LogP) is 2.95. The first kappa shape index (κ1) is 12.6. The zero-order chi connectivity index (χ0) is 9.94. The number of unbranched alkanes of at least 4 members (excludes halogenated alkanes) is 3. The summed E-state index contributed by atoms with van der Waals surface area (Å²) in [6.45, 7) is 2.21. The summed E-state index contributed by atoms with van der Waals surface area (Å²) in [6.07, 6.45) is 8.97. The molecule has 0 amide bonds. The number of carbonyl (C=O) groups is 1. The third kappa shape index (κ3) is 7.97. The van der Waals surface area contributed by atoms with Gasteiger partial charge in [0, 0.05) is 13.5 Å². The van der Waals surface area contributed by atoms with Gasteiger partial charge in [-0.05, 0) is 12.8 Å². The highest BCUT2D eigenvalue weighted by molar-refractivity contribution is 5.49. The van der Waals surface area contributed by atoms with Gasteiger partial charge in [-0.15, -0.1) is 0 Å². The monoisotopic (exact) mass is 186 g/mol. The number of methoxy groups -OCH3 is 1. The lowest BCUT2D eigenvalue weighted by Gasteiger charge is -2.13. The Kier molecular flexibility index (Phi) is 9.44. The molecule has 1 atom stereocenters. The average molecular weight is 186 g/mol. The highest BCUT2D eigenvalue weighted by atomic mass is 16.5. The number of rotatable bonds is 9. The van der Waals surface area contributed by atoms with E-state index in [-0.39, 0.29) is 0 Å². The Hall–Kier alpha value is -0.370. The SMILES string of the molecule is CCCCCCC(CCC=O)OC. The number of hydrogen-bond donors (Lipinski definition) is 0. The Morgan fingerprint density at radius 2 is 2.00 bits per heavy atom. The summed E-state index contributed by atoms with van der Waals surface area (Å²) in [5, 5.41) is 0. The van der Waals surface area contributed by atoms with Crippen molar-refractivity contribution in [2.24, 2.45) is 0 Å². The number of hydrogen-bond acceptors (Lipinski definition) is 2. The lowest BCUT2D eigenvalue weighted by atomic mass is 10.1. The standard InChI is InChI=1S/C11H22O2/c1-3-4-5-6-8-11(13-2)9-7-10-12/h10-11H,3-9H2,1-2H3. The van der Waals surface area contributed by atoms with E-state index in [9.17, 15) is 4.79 Å². The molecule has 0 saturated heterocycles. The van der Waals surface area contributed by atoms with E-state index in [1.807, 2.05) is 0 Å². The second kappa shape index (κ2) is 9.72. The van der Waals surface area contributed by atoms with Crippen molar-refractivity contribution in [3.8, 4) is 0 Å². The van der Waals surface area contributed by atoms with Gasteiger partial charge in [0.1, 0.15) is 6.29 Å². The van der Waals surface area contributed by atoms with Crippen molar-refractivity contribution in [3.05, 3.63) is 0 Å². The molecule has 0 spiro atoms. The predicted molar refractivity (Wildman–Crippen MR) is 54.9 cm³/mol. The van der Waals surface area contributed by atoms with Gasteiger partial charge in [-0.3, -0.25) is 0 Å². The van der Waals surface area contributed by atoms with Crippen molar-refractivity contribution >= 4 is 6.29 Å². The molecular weight excluding hydrogens is 164 g/mol. The van der Waals surface area contributed by atoms with Gasteiger partial charge >= 0.3 is 0 Å². The highest BCUT2D eigenvalue weighted by Crippen LogP contribution is 2.11. The molecule has 0 aromatic carbocycles. The van der Waals surface area contributed by atoms with E-state index in [4.69, 9.17) is 4.74 Å². The molecule has 0 fully saturated rings. The van der Waals surface area contributed by atoms with E-state index in [2.05, 4.69) is 6.92 Å². The maximum atomic E-state index is 10.1. The van der Waals surface area contributed by atoms with Crippen LogP contribution in [0.25, 0.3) is 0 Å². The summed E-state index contributed by atoms with van der Waals surface area (Å²) in [6, 6.07) is 0. The molecule has 0 aliphatic rings. The summed E-state index contributed by atoms with van der Waals surface area (Å²) in [5.74, 6) is 0. The summed E-state index contributed by atoms with van der Waals surface area (Å²) in [5.41, 5.74) is 0. The first-order chi connectivity index (χ1) is 6.35. The Bertz CT molecular complexity index is 113. The molecule has 78 valence electrons. The minimum atomic E-state index is 0.294. The molecule has 2 heteroatoms. The number of aldehydes is 1. The van der Waals surface area contributed by atoms with Crippen LogP contribution in [0.4, 0.5) is 0 Å². The van der Waals surface area contributed by atoms with E-state index in [0.717, 1.165) is 19.1 Å². The molecule has 0 heterocycles. The van der Waals surface area contributed by atoms with E-state index in [1.165, 1.54) is 25.7 Å². The van der Waals surface area contributed by atoms with Crippen molar-refractivity contribution < 1.29 is 9.53 Å². The van der Waals surface area contributed by atoms with Crippen molar-refractivity contribution in [2.45, 2.75) is 58.0 Å². The Morgan fingerprint density at radius 3 is 2.54 bits per heavy atom. The van der Waals surface area contributed by atoms with Gasteiger partial charge in [0.2, 0.25) is 0 Å². The highest BCUT2D eigenvalue weighted by Gasteiger charge is 2.05. The lowest BCUT2D eigenvalue weighted by molar-refractivity contribution is -0.108. The van der Waals surface area contributed by atoms with Crippen LogP contribution in [0.1, 0.15) is 51.9 Å². The van der Waals surface area contributed by atoms with Crippen molar-refractivity contribution in [1.82, 2.24) is 0 Å². The minimum absolute atomic E-state index is 0.294. The maximum absolute atomic E-state index is 10.1. The fourth-order valence-corrected chi connectivity index (χ4v) is 1.43. The average Bonchev–Trinajstić information content (AvgIpc) is 2.17.